The monoisotopic (exact) mass is 277 g/mol. The maximum Gasteiger partial charge on any atom is 0.124 e. The predicted octanol–water partition coefficient (Wildman–Crippen LogP) is 5.17. The molecular weight excluding hydrogens is 258 g/mol. The Morgan fingerprint density at radius 1 is 0.952 bits per heavy atom. The van der Waals surface area contributed by atoms with Crippen LogP contribution in [-0.2, 0) is 6.42 Å². The first-order valence-electron chi connectivity index (χ1n) is 7.85. The van der Waals surface area contributed by atoms with Crippen LogP contribution in [0, 0.1) is 0 Å². The number of hydrogen-bond acceptors (Lipinski definition) is 2. The number of allylic oxidation sites excluding steroid dienone is 4. The first-order valence-corrected chi connectivity index (χ1v) is 7.85. The molecule has 21 heavy (non-hydrogen) atoms. The van der Waals surface area contributed by atoms with E-state index in [1.54, 1.807) is 17.4 Å². The molecule has 2 heteroatoms. The SMILES string of the molecule is C1=CC2=C(CC1)c1cccc(-c3ccon3)c1CCCC2. The minimum Gasteiger partial charge on any atom is -0.364 e. The molecule has 1 aromatic heterocycles. The molecule has 0 unspecified atom stereocenters. The first-order chi connectivity index (χ1) is 10.4. The van der Waals surface area contributed by atoms with Gasteiger partial charge in [-0.25, -0.2) is 0 Å². The van der Waals surface area contributed by atoms with Crippen molar-refractivity contribution in [3.05, 3.63) is 59.4 Å². The van der Waals surface area contributed by atoms with Gasteiger partial charge in [-0.15, -0.1) is 0 Å². The van der Waals surface area contributed by atoms with E-state index >= 15 is 0 Å². The number of aromatic nitrogens is 1. The van der Waals surface area contributed by atoms with Crippen LogP contribution in [0.4, 0.5) is 0 Å². The van der Waals surface area contributed by atoms with Crippen LogP contribution < -0.4 is 0 Å². The van der Waals surface area contributed by atoms with Crippen LogP contribution in [0.2, 0.25) is 0 Å². The number of fused-ring (bicyclic) bond motifs is 2. The number of rotatable bonds is 1. The summed E-state index contributed by atoms with van der Waals surface area (Å²) in [7, 11) is 0. The Balaban J connectivity index is 1.93. The summed E-state index contributed by atoms with van der Waals surface area (Å²) in [5, 5.41) is 4.15. The molecule has 1 heterocycles. The van der Waals surface area contributed by atoms with E-state index in [0.717, 1.165) is 18.5 Å². The van der Waals surface area contributed by atoms with Gasteiger partial charge in [0.05, 0.1) is 0 Å². The fourth-order valence-corrected chi connectivity index (χ4v) is 3.60. The van der Waals surface area contributed by atoms with Gasteiger partial charge in [0.2, 0.25) is 0 Å². The van der Waals surface area contributed by atoms with Crippen LogP contribution in [0.5, 0.6) is 0 Å². The highest BCUT2D eigenvalue weighted by Crippen LogP contribution is 2.38. The topological polar surface area (TPSA) is 26.0 Å². The van der Waals surface area contributed by atoms with Gasteiger partial charge in [0.25, 0.3) is 0 Å². The lowest BCUT2D eigenvalue weighted by Gasteiger charge is -2.23. The zero-order valence-corrected chi connectivity index (χ0v) is 12.1. The fourth-order valence-electron chi connectivity index (χ4n) is 3.60. The Morgan fingerprint density at radius 2 is 1.86 bits per heavy atom. The van der Waals surface area contributed by atoms with E-state index in [1.165, 1.54) is 42.4 Å². The summed E-state index contributed by atoms with van der Waals surface area (Å²) in [5.41, 5.74) is 8.19. The zero-order valence-electron chi connectivity index (χ0n) is 12.1. The Bertz CT molecular complexity index is 707. The molecule has 0 fully saturated rings. The summed E-state index contributed by atoms with van der Waals surface area (Å²) in [5.74, 6) is 0. The van der Waals surface area contributed by atoms with E-state index in [1.807, 2.05) is 6.07 Å². The highest BCUT2D eigenvalue weighted by Gasteiger charge is 2.19. The van der Waals surface area contributed by atoms with Crippen molar-refractivity contribution in [2.75, 3.05) is 0 Å². The molecule has 2 aromatic rings. The molecule has 0 saturated heterocycles. The number of nitrogens with zero attached hydrogens (tertiary/aromatic N) is 1. The Kier molecular flexibility index (Phi) is 3.23. The summed E-state index contributed by atoms with van der Waals surface area (Å²) in [6.45, 7) is 0. The lowest BCUT2D eigenvalue weighted by atomic mass is 9.81. The summed E-state index contributed by atoms with van der Waals surface area (Å²) in [6.07, 6.45) is 13.5. The van der Waals surface area contributed by atoms with Gasteiger partial charge in [-0.1, -0.05) is 35.5 Å². The molecule has 0 bridgehead atoms. The molecule has 0 amide bonds. The summed E-state index contributed by atoms with van der Waals surface area (Å²) in [4.78, 5) is 0. The van der Waals surface area contributed by atoms with E-state index in [2.05, 4.69) is 35.5 Å². The molecule has 2 nitrogen and oxygen atoms in total. The molecule has 0 N–H and O–H groups in total. The molecule has 1 aromatic carbocycles. The molecule has 0 saturated carbocycles. The largest absolute Gasteiger partial charge is 0.364 e. The van der Waals surface area contributed by atoms with Gasteiger partial charge in [0, 0.05) is 11.6 Å². The van der Waals surface area contributed by atoms with E-state index in [4.69, 9.17) is 4.52 Å². The molecule has 2 aliphatic carbocycles. The number of hydrogen-bond donors (Lipinski definition) is 0. The summed E-state index contributed by atoms with van der Waals surface area (Å²) < 4.78 is 5.05. The third-order valence-corrected chi connectivity index (χ3v) is 4.61. The van der Waals surface area contributed by atoms with Gasteiger partial charge in [0.15, 0.2) is 0 Å². The molecule has 4 rings (SSSR count). The Labute approximate surface area is 125 Å². The lowest BCUT2D eigenvalue weighted by Crippen LogP contribution is -2.05. The van der Waals surface area contributed by atoms with Gasteiger partial charge < -0.3 is 4.52 Å². The van der Waals surface area contributed by atoms with E-state index in [0.29, 0.717) is 0 Å². The van der Waals surface area contributed by atoms with Gasteiger partial charge in [-0.2, -0.15) is 0 Å². The first kappa shape index (κ1) is 12.6. The van der Waals surface area contributed by atoms with Crippen molar-refractivity contribution in [1.29, 1.82) is 0 Å². The minimum absolute atomic E-state index is 0.959. The second-order valence-corrected chi connectivity index (χ2v) is 5.87. The molecule has 0 aliphatic heterocycles. The molecule has 0 atom stereocenters. The predicted molar refractivity (Wildman–Crippen MR) is 84.8 cm³/mol. The zero-order chi connectivity index (χ0) is 14.1. The van der Waals surface area contributed by atoms with Gasteiger partial charge in [-0.05, 0) is 60.8 Å². The van der Waals surface area contributed by atoms with E-state index < -0.39 is 0 Å². The third-order valence-electron chi connectivity index (χ3n) is 4.61. The van der Waals surface area contributed by atoms with Crippen molar-refractivity contribution >= 4 is 5.57 Å². The molecule has 0 spiro atoms. The second-order valence-electron chi connectivity index (χ2n) is 5.87. The highest BCUT2D eigenvalue weighted by molar-refractivity contribution is 5.79. The van der Waals surface area contributed by atoms with Gasteiger partial charge >= 0.3 is 0 Å². The van der Waals surface area contributed by atoms with Crippen LogP contribution in [0.25, 0.3) is 16.8 Å². The fraction of sp³-hybridized carbons (Fsp3) is 0.316. The highest BCUT2D eigenvalue weighted by atomic mass is 16.5. The average Bonchev–Trinajstić information content (AvgIpc) is 3.03. The standard InChI is InChI=1S/C19H19NO/c1-3-8-15-14(6-1)7-2-4-9-17-16(15)10-5-11-18(17)19-12-13-21-20-19/h1,5-6,10-13H,2-4,7-9H2. The maximum atomic E-state index is 5.05. The van der Waals surface area contributed by atoms with Crippen molar-refractivity contribution in [2.24, 2.45) is 0 Å². The Morgan fingerprint density at radius 3 is 2.76 bits per heavy atom. The van der Waals surface area contributed by atoms with E-state index in [9.17, 15) is 0 Å². The number of benzene rings is 1. The second kappa shape index (κ2) is 5.36. The molecular formula is C19H19NO. The minimum atomic E-state index is 0.959. The van der Waals surface area contributed by atoms with Crippen molar-refractivity contribution < 1.29 is 4.52 Å². The van der Waals surface area contributed by atoms with Crippen LogP contribution in [-0.4, -0.2) is 5.16 Å². The van der Waals surface area contributed by atoms with Crippen molar-refractivity contribution in [3.63, 3.8) is 0 Å². The van der Waals surface area contributed by atoms with Crippen molar-refractivity contribution in [1.82, 2.24) is 5.16 Å². The van der Waals surface area contributed by atoms with Gasteiger partial charge in [-0.3, -0.25) is 0 Å². The molecule has 2 aliphatic rings. The smallest absolute Gasteiger partial charge is 0.124 e. The lowest BCUT2D eigenvalue weighted by molar-refractivity contribution is 0.422. The van der Waals surface area contributed by atoms with Gasteiger partial charge in [0.1, 0.15) is 12.0 Å². The van der Waals surface area contributed by atoms with E-state index in [-0.39, 0.29) is 0 Å². The molecule has 106 valence electrons. The Hall–Kier alpha value is -2.09. The van der Waals surface area contributed by atoms with Crippen LogP contribution in [0.15, 0.2) is 52.8 Å². The average molecular weight is 277 g/mol. The summed E-state index contributed by atoms with van der Waals surface area (Å²) in [6, 6.07) is 8.59. The van der Waals surface area contributed by atoms with Crippen molar-refractivity contribution in [2.45, 2.75) is 38.5 Å². The van der Waals surface area contributed by atoms with Crippen molar-refractivity contribution in [3.8, 4) is 11.3 Å². The van der Waals surface area contributed by atoms with Crippen LogP contribution >= 0.6 is 0 Å². The quantitative estimate of drug-likeness (QED) is 0.718. The summed E-state index contributed by atoms with van der Waals surface area (Å²) >= 11 is 0. The third kappa shape index (κ3) is 2.25. The maximum absolute atomic E-state index is 5.05. The molecule has 0 radical (unpaired) electrons. The van der Waals surface area contributed by atoms with Crippen LogP contribution in [0.1, 0.15) is 43.2 Å². The normalized spacial score (nSPS) is 17.9. The van der Waals surface area contributed by atoms with Crippen LogP contribution in [0.3, 0.4) is 0 Å².